The number of nitrogens with zero attached hydrogens (tertiary/aromatic N) is 2. The Hall–Kier alpha value is -3.04. The Kier molecular flexibility index (Phi) is 5.45. The lowest BCUT2D eigenvalue weighted by Crippen LogP contribution is -2.07. The van der Waals surface area contributed by atoms with Crippen LogP contribution in [0.3, 0.4) is 0 Å². The first kappa shape index (κ1) is 18.3. The van der Waals surface area contributed by atoms with Gasteiger partial charge in [-0.05, 0) is 70.6 Å². The summed E-state index contributed by atoms with van der Waals surface area (Å²) >= 11 is 6.17. The summed E-state index contributed by atoms with van der Waals surface area (Å²) in [5.74, 6) is -0.205. The van der Waals surface area contributed by atoms with Gasteiger partial charge in [0.15, 0.2) is 0 Å². The van der Waals surface area contributed by atoms with Crippen LogP contribution < -0.4 is 0 Å². The van der Waals surface area contributed by atoms with Gasteiger partial charge < -0.3 is 0 Å². The molecule has 0 aliphatic rings. The highest BCUT2D eigenvalue weighted by molar-refractivity contribution is 6.30. The number of benzene rings is 2. The molecule has 2 aromatic carbocycles. The second-order valence-electron chi connectivity index (χ2n) is 6.64. The van der Waals surface area contributed by atoms with Gasteiger partial charge in [-0.1, -0.05) is 41.9 Å². The molecule has 0 spiro atoms. The van der Waals surface area contributed by atoms with Gasteiger partial charge in [0.25, 0.3) is 0 Å². The third-order valence-electron chi connectivity index (χ3n) is 4.81. The van der Waals surface area contributed by atoms with Gasteiger partial charge in [-0.25, -0.2) is 4.39 Å². The fourth-order valence-electron chi connectivity index (χ4n) is 3.46. The SMILES string of the molecule is Fc1ccc(CC(c2cccnc2)c2cccnc2)c(-c2cccc(Cl)c2)c1. The van der Waals surface area contributed by atoms with Gasteiger partial charge in [-0.3, -0.25) is 9.97 Å². The molecule has 0 atom stereocenters. The first-order valence-corrected chi connectivity index (χ1v) is 9.43. The van der Waals surface area contributed by atoms with Gasteiger partial charge in [-0.15, -0.1) is 0 Å². The lowest BCUT2D eigenvalue weighted by molar-refractivity contribution is 0.627. The van der Waals surface area contributed by atoms with E-state index in [0.29, 0.717) is 11.4 Å². The van der Waals surface area contributed by atoms with E-state index >= 15 is 0 Å². The van der Waals surface area contributed by atoms with Crippen LogP contribution >= 0.6 is 11.6 Å². The largest absolute Gasteiger partial charge is 0.264 e. The molecular formula is C24H18ClFN2. The van der Waals surface area contributed by atoms with Gasteiger partial charge in [0.2, 0.25) is 0 Å². The maximum atomic E-state index is 14.1. The van der Waals surface area contributed by atoms with Crippen molar-refractivity contribution < 1.29 is 4.39 Å². The Morgan fingerprint density at radius 1 is 0.821 bits per heavy atom. The number of hydrogen-bond donors (Lipinski definition) is 0. The Morgan fingerprint density at radius 3 is 2.14 bits per heavy atom. The summed E-state index contributed by atoms with van der Waals surface area (Å²) in [6.45, 7) is 0. The van der Waals surface area contributed by atoms with Crippen LogP contribution in [0.25, 0.3) is 11.1 Å². The smallest absolute Gasteiger partial charge is 0.123 e. The molecular weight excluding hydrogens is 371 g/mol. The zero-order valence-electron chi connectivity index (χ0n) is 15.1. The summed E-state index contributed by atoms with van der Waals surface area (Å²) in [5.41, 5.74) is 4.98. The maximum absolute atomic E-state index is 14.1. The Bertz CT molecular complexity index is 1030. The average Bonchev–Trinajstić information content (AvgIpc) is 2.74. The quantitative estimate of drug-likeness (QED) is 0.400. The molecule has 2 heterocycles. The molecule has 138 valence electrons. The number of pyridine rings is 2. The number of aromatic nitrogens is 2. The van der Waals surface area contributed by atoms with E-state index in [2.05, 4.69) is 22.1 Å². The summed E-state index contributed by atoms with van der Waals surface area (Å²) in [4.78, 5) is 8.56. The molecule has 0 unspecified atom stereocenters. The molecule has 2 aromatic heterocycles. The van der Waals surface area contributed by atoms with Crippen LogP contribution in [0, 0.1) is 5.82 Å². The van der Waals surface area contributed by atoms with E-state index in [-0.39, 0.29) is 11.7 Å². The minimum Gasteiger partial charge on any atom is -0.264 e. The summed E-state index contributed by atoms with van der Waals surface area (Å²) < 4.78 is 14.1. The van der Waals surface area contributed by atoms with Crippen molar-refractivity contribution in [1.29, 1.82) is 0 Å². The van der Waals surface area contributed by atoms with Crippen molar-refractivity contribution in [2.45, 2.75) is 12.3 Å². The predicted octanol–water partition coefficient (Wildman–Crippen LogP) is 6.31. The van der Waals surface area contributed by atoms with Crippen molar-refractivity contribution in [2.24, 2.45) is 0 Å². The van der Waals surface area contributed by atoms with E-state index in [9.17, 15) is 4.39 Å². The van der Waals surface area contributed by atoms with Crippen molar-refractivity contribution in [2.75, 3.05) is 0 Å². The molecule has 0 radical (unpaired) electrons. The monoisotopic (exact) mass is 388 g/mol. The van der Waals surface area contributed by atoms with Crippen LogP contribution in [0.5, 0.6) is 0 Å². The molecule has 2 nitrogen and oxygen atoms in total. The number of halogens is 2. The Morgan fingerprint density at radius 2 is 1.54 bits per heavy atom. The Labute approximate surface area is 168 Å². The second-order valence-corrected chi connectivity index (χ2v) is 7.08. The summed E-state index contributed by atoms with van der Waals surface area (Å²) in [6, 6.07) is 20.4. The van der Waals surface area contributed by atoms with Crippen LogP contribution in [0.1, 0.15) is 22.6 Å². The molecule has 0 aliphatic heterocycles. The van der Waals surface area contributed by atoms with Gasteiger partial charge in [-0.2, -0.15) is 0 Å². The third-order valence-corrected chi connectivity index (χ3v) is 5.04. The molecule has 4 aromatic rings. The van der Waals surface area contributed by atoms with Gasteiger partial charge in [0.1, 0.15) is 5.82 Å². The zero-order chi connectivity index (χ0) is 19.3. The molecule has 4 heteroatoms. The van der Waals surface area contributed by atoms with Crippen LogP contribution in [-0.2, 0) is 6.42 Å². The maximum Gasteiger partial charge on any atom is 0.123 e. The van der Waals surface area contributed by atoms with Crippen LogP contribution in [0.4, 0.5) is 4.39 Å². The molecule has 0 saturated heterocycles. The van der Waals surface area contributed by atoms with E-state index in [1.807, 2.05) is 54.9 Å². The highest BCUT2D eigenvalue weighted by atomic mass is 35.5. The summed E-state index contributed by atoms with van der Waals surface area (Å²) in [7, 11) is 0. The molecule has 28 heavy (non-hydrogen) atoms. The van der Waals surface area contributed by atoms with E-state index < -0.39 is 0 Å². The standard InChI is InChI=1S/C24H18ClFN2/c25-21-7-1-4-17(12-21)24-14-22(26)9-8-18(24)13-23(19-5-2-10-27-15-19)20-6-3-11-28-16-20/h1-12,14-16,23H,13H2. The van der Waals surface area contributed by atoms with Gasteiger partial charge in [0, 0.05) is 35.7 Å². The van der Waals surface area contributed by atoms with Gasteiger partial charge >= 0.3 is 0 Å². The van der Waals surface area contributed by atoms with Crippen LogP contribution in [0.2, 0.25) is 5.02 Å². The third kappa shape index (κ3) is 4.10. The van der Waals surface area contributed by atoms with Crippen LogP contribution in [-0.4, -0.2) is 9.97 Å². The van der Waals surface area contributed by atoms with Crippen LogP contribution in [0.15, 0.2) is 91.5 Å². The van der Waals surface area contributed by atoms with Crippen molar-refractivity contribution in [3.63, 3.8) is 0 Å². The predicted molar refractivity (Wildman–Crippen MR) is 111 cm³/mol. The fourth-order valence-corrected chi connectivity index (χ4v) is 3.65. The average molecular weight is 389 g/mol. The van der Waals surface area contributed by atoms with E-state index in [0.717, 1.165) is 27.8 Å². The fraction of sp³-hybridized carbons (Fsp3) is 0.0833. The van der Waals surface area contributed by atoms with E-state index in [4.69, 9.17) is 11.6 Å². The summed E-state index contributed by atoms with van der Waals surface area (Å²) in [6.07, 6.45) is 7.97. The van der Waals surface area contributed by atoms with Gasteiger partial charge in [0.05, 0.1) is 0 Å². The van der Waals surface area contributed by atoms with E-state index in [1.165, 1.54) is 6.07 Å². The first-order chi connectivity index (χ1) is 13.7. The molecule has 0 aliphatic carbocycles. The summed E-state index contributed by atoms with van der Waals surface area (Å²) in [5, 5.41) is 0.628. The molecule has 0 fully saturated rings. The minimum atomic E-state index is -0.266. The topological polar surface area (TPSA) is 25.8 Å². The van der Waals surface area contributed by atoms with Crippen molar-refractivity contribution in [3.8, 4) is 11.1 Å². The highest BCUT2D eigenvalue weighted by Crippen LogP contribution is 2.33. The van der Waals surface area contributed by atoms with Crippen molar-refractivity contribution in [1.82, 2.24) is 9.97 Å². The molecule has 4 rings (SSSR count). The lowest BCUT2D eigenvalue weighted by atomic mass is 9.85. The number of rotatable bonds is 5. The number of hydrogen-bond acceptors (Lipinski definition) is 2. The Balaban J connectivity index is 1.80. The van der Waals surface area contributed by atoms with E-state index in [1.54, 1.807) is 18.5 Å². The lowest BCUT2D eigenvalue weighted by Gasteiger charge is -2.20. The van der Waals surface area contributed by atoms with Crippen molar-refractivity contribution >= 4 is 11.6 Å². The second kappa shape index (κ2) is 8.32. The molecule has 0 saturated carbocycles. The molecule has 0 N–H and O–H groups in total. The first-order valence-electron chi connectivity index (χ1n) is 9.05. The minimum absolute atomic E-state index is 0.0609. The molecule has 0 amide bonds. The normalized spacial score (nSPS) is 11.0. The zero-order valence-corrected chi connectivity index (χ0v) is 15.9. The van der Waals surface area contributed by atoms with Crippen molar-refractivity contribution in [3.05, 3.63) is 119 Å². The highest BCUT2D eigenvalue weighted by Gasteiger charge is 2.18. The molecule has 0 bridgehead atoms.